The number of carbonyl (C=O) groups excluding carboxylic acids is 1. The number of rotatable bonds is 4. The fraction of sp³-hybridized carbons (Fsp3) is 0.467. The summed E-state index contributed by atoms with van der Waals surface area (Å²) in [5.41, 5.74) is 1.97. The first-order valence-corrected chi connectivity index (χ1v) is 6.66. The maximum absolute atomic E-state index is 12.8. The highest BCUT2D eigenvalue weighted by atomic mass is 19.1. The zero-order valence-corrected chi connectivity index (χ0v) is 10.8. The number of benzene rings is 1. The van der Waals surface area contributed by atoms with Gasteiger partial charge < -0.3 is 4.84 Å². The monoisotopic (exact) mass is 261 g/mol. The quantitative estimate of drug-likeness (QED) is 0.474. The van der Waals surface area contributed by atoms with Gasteiger partial charge in [-0.15, -0.1) is 0 Å². The van der Waals surface area contributed by atoms with Gasteiger partial charge in [0.05, 0.1) is 11.6 Å². The molecule has 0 N–H and O–H groups in total. The lowest BCUT2D eigenvalue weighted by molar-refractivity contribution is -0.145. The molecule has 0 aromatic heterocycles. The van der Waals surface area contributed by atoms with Crippen LogP contribution in [-0.2, 0) is 9.63 Å². The van der Waals surface area contributed by atoms with E-state index in [0.717, 1.165) is 30.5 Å². The molecule has 0 heterocycles. The Labute approximate surface area is 111 Å². The Kier molecular flexibility index (Phi) is 3.09. The molecule has 2 aliphatic rings. The van der Waals surface area contributed by atoms with Gasteiger partial charge in [-0.2, -0.15) is 0 Å². The molecule has 0 unspecified atom stereocenters. The van der Waals surface area contributed by atoms with Crippen LogP contribution < -0.4 is 0 Å². The van der Waals surface area contributed by atoms with Gasteiger partial charge in [0.2, 0.25) is 0 Å². The average Bonchev–Trinajstić information content (AvgIpc) is 3.28. The standard InChI is InChI=1S/C15H16FNO2/c1-9(17-19-15(18)11-2-3-11)13-8-14(13)10-4-6-12(16)7-5-10/h4-7,11,13-14H,2-3,8H2,1H3/t13-,14-/m0/s1. The van der Waals surface area contributed by atoms with Crippen molar-refractivity contribution in [1.29, 1.82) is 0 Å². The Morgan fingerprint density at radius 2 is 2.00 bits per heavy atom. The highest BCUT2D eigenvalue weighted by Crippen LogP contribution is 2.48. The number of nitrogens with zero attached hydrogens (tertiary/aromatic N) is 1. The normalized spacial score (nSPS) is 26.1. The zero-order valence-electron chi connectivity index (χ0n) is 10.8. The van der Waals surface area contributed by atoms with Crippen LogP contribution in [0.1, 0.15) is 37.7 Å². The van der Waals surface area contributed by atoms with Crippen LogP contribution >= 0.6 is 0 Å². The Hall–Kier alpha value is -1.71. The molecular formula is C15H16FNO2. The van der Waals surface area contributed by atoms with Gasteiger partial charge in [-0.3, -0.25) is 0 Å². The Morgan fingerprint density at radius 3 is 2.63 bits per heavy atom. The molecule has 100 valence electrons. The van der Waals surface area contributed by atoms with Crippen molar-refractivity contribution in [1.82, 2.24) is 0 Å². The molecule has 1 aromatic carbocycles. The molecule has 0 aliphatic heterocycles. The summed E-state index contributed by atoms with van der Waals surface area (Å²) in [6, 6.07) is 6.57. The summed E-state index contributed by atoms with van der Waals surface area (Å²) in [4.78, 5) is 16.3. The van der Waals surface area contributed by atoms with Crippen LogP contribution in [0.15, 0.2) is 29.4 Å². The van der Waals surface area contributed by atoms with Crippen molar-refractivity contribution in [3.05, 3.63) is 35.6 Å². The van der Waals surface area contributed by atoms with E-state index in [1.165, 1.54) is 12.1 Å². The third-order valence-corrected chi connectivity index (χ3v) is 3.82. The van der Waals surface area contributed by atoms with Crippen molar-refractivity contribution in [3.63, 3.8) is 0 Å². The number of oxime groups is 1. The number of halogens is 1. The zero-order chi connectivity index (χ0) is 13.4. The van der Waals surface area contributed by atoms with E-state index in [0.29, 0.717) is 11.8 Å². The fourth-order valence-electron chi connectivity index (χ4n) is 2.31. The van der Waals surface area contributed by atoms with E-state index in [2.05, 4.69) is 5.16 Å². The number of carbonyl (C=O) groups is 1. The molecule has 3 rings (SSSR count). The van der Waals surface area contributed by atoms with E-state index in [1.54, 1.807) is 0 Å². The van der Waals surface area contributed by atoms with E-state index >= 15 is 0 Å². The topological polar surface area (TPSA) is 38.7 Å². The summed E-state index contributed by atoms with van der Waals surface area (Å²) in [7, 11) is 0. The van der Waals surface area contributed by atoms with Gasteiger partial charge in [-0.25, -0.2) is 9.18 Å². The molecule has 0 saturated heterocycles. The largest absolute Gasteiger partial charge is 0.338 e. The lowest BCUT2D eigenvalue weighted by atomic mass is 10.1. The second-order valence-corrected chi connectivity index (χ2v) is 5.42. The van der Waals surface area contributed by atoms with E-state index in [4.69, 9.17) is 4.84 Å². The van der Waals surface area contributed by atoms with Crippen LogP contribution in [0.25, 0.3) is 0 Å². The summed E-state index contributed by atoms with van der Waals surface area (Å²) >= 11 is 0. The van der Waals surface area contributed by atoms with Gasteiger partial charge in [-0.05, 0) is 49.8 Å². The van der Waals surface area contributed by atoms with E-state index in [-0.39, 0.29) is 17.7 Å². The highest BCUT2D eigenvalue weighted by Gasteiger charge is 2.41. The van der Waals surface area contributed by atoms with E-state index in [9.17, 15) is 9.18 Å². The van der Waals surface area contributed by atoms with Crippen LogP contribution in [0.5, 0.6) is 0 Å². The van der Waals surface area contributed by atoms with Crippen LogP contribution in [-0.4, -0.2) is 11.7 Å². The number of hydrogen-bond acceptors (Lipinski definition) is 3. The molecule has 2 aliphatic carbocycles. The second kappa shape index (κ2) is 4.76. The third-order valence-electron chi connectivity index (χ3n) is 3.82. The molecule has 0 spiro atoms. The van der Waals surface area contributed by atoms with Crippen LogP contribution in [0, 0.1) is 17.7 Å². The van der Waals surface area contributed by atoms with Crippen molar-refractivity contribution in [2.75, 3.05) is 0 Å². The molecule has 1 aromatic rings. The van der Waals surface area contributed by atoms with Gasteiger partial charge >= 0.3 is 5.97 Å². The summed E-state index contributed by atoms with van der Waals surface area (Å²) in [5, 5.41) is 3.93. The van der Waals surface area contributed by atoms with Gasteiger partial charge in [-0.1, -0.05) is 17.3 Å². The van der Waals surface area contributed by atoms with Gasteiger partial charge in [0.1, 0.15) is 5.82 Å². The fourth-order valence-corrected chi connectivity index (χ4v) is 2.31. The lowest BCUT2D eigenvalue weighted by Crippen LogP contribution is -2.05. The molecule has 2 atom stereocenters. The molecule has 0 radical (unpaired) electrons. The first kappa shape index (κ1) is 12.3. The van der Waals surface area contributed by atoms with Crippen LogP contribution in [0.2, 0.25) is 0 Å². The van der Waals surface area contributed by atoms with E-state index < -0.39 is 0 Å². The number of hydrogen-bond donors (Lipinski definition) is 0. The van der Waals surface area contributed by atoms with Crippen molar-refractivity contribution in [3.8, 4) is 0 Å². The highest BCUT2D eigenvalue weighted by molar-refractivity contribution is 5.88. The Morgan fingerprint density at radius 1 is 1.32 bits per heavy atom. The maximum Gasteiger partial charge on any atom is 0.338 e. The van der Waals surface area contributed by atoms with Gasteiger partial charge in [0.25, 0.3) is 0 Å². The molecule has 0 amide bonds. The Balaban J connectivity index is 1.57. The minimum atomic E-state index is -0.218. The maximum atomic E-state index is 12.8. The predicted octanol–water partition coefficient (Wildman–Crippen LogP) is 3.26. The molecule has 4 heteroatoms. The molecule has 2 fully saturated rings. The molecular weight excluding hydrogens is 245 g/mol. The predicted molar refractivity (Wildman–Crippen MR) is 69.2 cm³/mol. The second-order valence-electron chi connectivity index (χ2n) is 5.42. The lowest BCUT2D eigenvalue weighted by Gasteiger charge is -2.01. The average molecular weight is 261 g/mol. The van der Waals surface area contributed by atoms with Gasteiger partial charge in [0, 0.05) is 5.92 Å². The van der Waals surface area contributed by atoms with Crippen molar-refractivity contribution in [2.24, 2.45) is 17.0 Å². The summed E-state index contributed by atoms with van der Waals surface area (Å²) < 4.78 is 12.8. The molecule has 2 saturated carbocycles. The van der Waals surface area contributed by atoms with Gasteiger partial charge in [0.15, 0.2) is 0 Å². The molecule has 19 heavy (non-hydrogen) atoms. The minimum Gasteiger partial charge on any atom is -0.318 e. The first-order chi connectivity index (χ1) is 9.15. The summed E-state index contributed by atoms with van der Waals surface area (Å²) in [5.74, 6) is 0.341. The third kappa shape index (κ3) is 2.83. The van der Waals surface area contributed by atoms with Crippen molar-refractivity contribution < 1.29 is 14.0 Å². The molecule has 0 bridgehead atoms. The van der Waals surface area contributed by atoms with E-state index in [1.807, 2.05) is 19.1 Å². The van der Waals surface area contributed by atoms with Crippen molar-refractivity contribution in [2.45, 2.75) is 32.1 Å². The smallest absolute Gasteiger partial charge is 0.318 e. The first-order valence-electron chi connectivity index (χ1n) is 6.66. The Bertz CT molecular complexity index is 519. The van der Waals surface area contributed by atoms with Crippen LogP contribution in [0.4, 0.5) is 4.39 Å². The van der Waals surface area contributed by atoms with Crippen molar-refractivity contribution >= 4 is 11.7 Å². The van der Waals surface area contributed by atoms with Crippen LogP contribution in [0.3, 0.4) is 0 Å². The summed E-state index contributed by atoms with van der Waals surface area (Å²) in [6.07, 6.45) is 2.84. The minimum absolute atomic E-state index is 0.0728. The summed E-state index contributed by atoms with van der Waals surface area (Å²) in [6.45, 7) is 1.88. The SMILES string of the molecule is CC(=NOC(=O)C1CC1)[C@@H]1C[C@H]1c1ccc(F)cc1. The molecule has 3 nitrogen and oxygen atoms in total.